The third kappa shape index (κ3) is 6.40. The van der Waals surface area contributed by atoms with Crippen LogP contribution in [-0.2, 0) is 9.59 Å². The molecule has 0 aromatic heterocycles. The van der Waals surface area contributed by atoms with E-state index in [4.69, 9.17) is 0 Å². The van der Waals surface area contributed by atoms with Gasteiger partial charge in [-0.25, -0.2) is 0 Å². The monoisotopic (exact) mass is 229 g/mol. The van der Waals surface area contributed by atoms with Gasteiger partial charge in [-0.2, -0.15) is 0 Å². The molecule has 0 radical (unpaired) electrons. The molecule has 0 aromatic carbocycles. The summed E-state index contributed by atoms with van der Waals surface area (Å²) in [4.78, 5) is 24.4. The number of likely N-dealkylation sites (N-methyl/N-ethyl adjacent to an activating group) is 2. The van der Waals surface area contributed by atoms with Crippen molar-refractivity contribution in [1.29, 1.82) is 0 Å². The summed E-state index contributed by atoms with van der Waals surface area (Å²) in [6, 6.07) is 0.147. The van der Waals surface area contributed by atoms with Gasteiger partial charge in [0.05, 0.1) is 6.54 Å². The summed E-state index contributed by atoms with van der Waals surface area (Å²) < 4.78 is 0. The summed E-state index contributed by atoms with van der Waals surface area (Å²) in [5, 5.41) is 5.82. The van der Waals surface area contributed by atoms with E-state index >= 15 is 0 Å². The molecular weight excluding hydrogens is 206 g/mol. The highest BCUT2D eigenvalue weighted by Gasteiger charge is 2.14. The van der Waals surface area contributed by atoms with E-state index < -0.39 is 0 Å². The highest BCUT2D eigenvalue weighted by molar-refractivity contribution is 5.84. The number of nitrogens with one attached hydrogen (secondary N) is 2. The molecule has 0 fully saturated rings. The summed E-state index contributed by atoms with van der Waals surface area (Å²) in [5.41, 5.74) is 0. The fraction of sp³-hybridized carbons (Fsp3) is 0.818. The molecular formula is C11H23N3O2. The van der Waals surface area contributed by atoms with Crippen LogP contribution >= 0.6 is 0 Å². The van der Waals surface area contributed by atoms with Crippen molar-refractivity contribution >= 4 is 11.8 Å². The normalized spacial score (nSPS) is 12.0. The van der Waals surface area contributed by atoms with Gasteiger partial charge in [-0.05, 0) is 20.4 Å². The first-order chi connectivity index (χ1) is 7.51. The maximum atomic E-state index is 11.7. The van der Waals surface area contributed by atoms with E-state index in [2.05, 4.69) is 10.6 Å². The minimum atomic E-state index is -0.116. The van der Waals surface area contributed by atoms with E-state index in [0.717, 1.165) is 6.54 Å². The molecule has 2 amide bonds. The van der Waals surface area contributed by atoms with Gasteiger partial charge < -0.3 is 15.5 Å². The quantitative estimate of drug-likeness (QED) is 0.644. The Morgan fingerprint density at radius 3 is 2.38 bits per heavy atom. The van der Waals surface area contributed by atoms with Crippen LogP contribution in [0.5, 0.6) is 0 Å². The van der Waals surface area contributed by atoms with Crippen LogP contribution < -0.4 is 10.6 Å². The van der Waals surface area contributed by atoms with Gasteiger partial charge in [0.2, 0.25) is 11.8 Å². The van der Waals surface area contributed by atoms with Gasteiger partial charge in [-0.1, -0.05) is 6.92 Å². The molecule has 1 atom stereocenters. The van der Waals surface area contributed by atoms with Gasteiger partial charge in [0, 0.05) is 26.1 Å². The van der Waals surface area contributed by atoms with Crippen molar-refractivity contribution in [3.05, 3.63) is 0 Å². The van der Waals surface area contributed by atoms with Crippen molar-refractivity contribution in [1.82, 2.24) is 15.5 Å². The molecule has 0 spiro atoms. The minimum absolute atomic E-state index is 0.0142. The van der Waals surface area contributed by atoms with Crippen LogP contribution in [0.3, 0.4) is 0 Å². The second-order valence-electron chi connectivity index (χ2n) is 3.87. The lowest BCUT2D eigenvalue weighted by Gasteiger charge is -2.19. The first kappa shape index (κ1) is 14.9. The van der Waals surface area contributed by atoms with Gasteiger partial charge in [0.1, 0.15) is 0 Å². The van der Waals surface area contributed by atoms with Crippen molar-refractivity contribution in [2.24, 2.45) is 0 Å². The van der Waals surface area contributed by atoms with Crippen molar-refractivity contribution in [3.8, 4) is 0 Å². The number of hydrogen-bond donors (Lipinski definition) is 2. The lowest BCUT2D eigenvalue weighted by molar-refractivity contribution is -0.135. The summed E-state index contributed by atoms with van der Waals surface area (Å²) in [6.07, 6.45) is 0.420. The molecule has 1 unspecified atom stereocenters. The standard InChI is InChI=1S/C11H23N3O2/c1-5-12-9(3)7-11(16)14(4)8-10(15)13-6-2/h9,12H,5-8H2,1-4H3,(H,13,15). The zero-order chi connectivity index (χ0) is 12.6. The Hall–Kier alpha value is -1.10. The van der Waals surface area contributed by atoms with Crippen LogP contribution in [0.1, 0.15) is 27.2 Å². The Morgan fingerprint density at radius 2 is 1.88 bits per heavy atom. The summed E-state index contributed by atoms with van der Waals surface area (Å²) in [6.45, 7) is 7.38. The summed E-state index contributed by atoms with van der Waals surface area (Å²) >= 11 is 0. The topological polar surface area (TPSA) is 61.4 Å². The van der Waals surface area contributed by atoms with Crippen LogP contribution in [-0.4, -0.2) is 49.4 Å². The Kier molecular flexibility index (Phi) is 7.54. The predicted molar refractivity (Wildman–Crippen MR) is 64.1 cm³/mol. The molecule has 0 saturated carbocycles. The van der Waals surface area contributed by atoms with E-state index in [1.807, 2.05) is 20.8 Å². The van der Waals surface area contributed by atoms with Crippen molar-refractivity contribution in [2.75, 3.05) is 26.7 Å². The number of amides is 2. The summed E-state index contributed by atoms with van der Waals surface area (Å²) in [7, 11) is 1.65. The Balaban J connectivity index is 3.94. The third-order valence-corrected chi connectivity index (χ3v) is 2.21. The molecule has 0 saturated heterocycles. The van der Waals surface area contributed by atoms with Crippen LogP contribution in [0, 0.1) is 0 Å². The second-order valence-corrected chi connectivity index (χ2v) is 3.87. The van der Waals surface area contributed by atoms with Crippen LogP contribution in [0.15, 0.2) is 0 Å². The molecule has 0 aliphatic heterocycles. The average molecular weight is 229 g/mol. The number of carbonyl (C=O) groups excluding carboxylic acids is 2. The summed E-state index contributed by atoms with van der Waals surface area (Å²) in [5.74, 6) is -0.130. The van der Waals surface area contributed by atoms with Crippen molar-refractivity contribution in [3.63, 3.8) is 0 Å². The number of hydrogen-bond acceptors (Lipinski definition) is 3. The highest BCUT2D eigenvalue weighted by Crippen LogP contribution is 1.96. The smallest absolute Gasteiger partial charge is 0.239 e. The number of rotatable bonds is 7. The van der Waals surface area contributed by atoms with Crippen LogP contribution in [0.2, 0.25) is 0 Å². The zero-order valence-corrected chi connectivity index (χ0v) is 10.7. The van der Waals surface area contributed by atoms with Gasteiger partial charge in [0.25, 0.3) is 0 Å². The fourth-order valence-electron chi connectivity index (χ4n) is 1.40. The second kappa shape index (κ2) is 8.10. The first-order valence-electron chi connectivity index (χ1n) is 5.75. The first-order valence-corrected chi connectivity index (χ1v) is 5.75. The van der Waals surface area contributed by atoms with Crippen molar-refractivity contribution in [2.45, 2.75) is 33.2 Å². The van der Waals surface area contributed by atoms with E-state index in [0.29, 0.717) is 13.0 Å². The SMILES string of the molecule is CCNC(=O)CN(C)C(=O)CC(C)NCC. The molecule has 0 bridgehead atoms. The van der Waals surface area contributed by atoms with Gasteiger partial charge >= 0.3 is 0 Å². The maximum absolute atomic E-state index is 11.7. The van der Waals surface area contributed by atoms with Gasteiger partial charge in [-0.3, -0.25) is 9.59 Å². The van der Waals surface area contributed by atoms with Crippen LogP contribution in [0.4, 0.5) is 0 Å². The predicted octanol–water partition coefficient (Wildman–Crippen LogP) is -0.0310. The Morgan fingerprint density at radius 1 is 1.25 bits per heavy atom. The highest BCUT2D eigenvalue weighted by atomic mass is 16.2. The molecule has 2 N–H and O–H groups in total. The molecule has 16 heavy (non-hydrogen) atoms. The molecule has 94 valence electrons. The molecule has 5 nitrogen and oxygen atoms in total. The van der Waals surface area contributed by atoms with Gasteiger partial charge in [0.15, 0.2) is 0 Å². The van der Waals surface area contributed by atoms with E-state index in [1.54, 1.807) is 7.05 Å². The molecule has 5 heteroatoms. The lowest BCUT2D eigenvalue weighted by Crippen LogP contribution is -2.40. The number of nitrogens with zero attached hydrogens (tertiary/aromatic N) is 1. The number of carbonyl (C=O) groups is 2. The molecule has 0 aromatic rings. The molecule has 0 heterocycles. The molecule has 0 aliphatic carbocycles. The average Bonchev–Trinajstić information content (AvgIpc) is 2.17. The Bertz CT molecular complexity index is 231. The Labute approximate surface area is 97.6 Å². The van der Waals surface area contributed by atoms with E-state index in [-0.39, 0.29) is 24.4 Å². The van der Waals surface area contributed by atoms with Gasteiger partial charge in [-0.15, -0.1) is 0 Å². The van der Waals surface area contributed by atoms with Crippen LogP contribution in [0.25, 0.3) is 0 Å². The zero-order valence-electron chi connectivity index (χ0n) is 10.7. The molecule has 0 rings (SSSR count). The third-order valence-electron chi connectivity index (χ3n) is 2.21. The minimum Gasteiger partial charge on any atom is -0.355 e. The fourth-order valence-corrected chi connectivity index (χ4v) is 1.40. The molecule has 0 aliphatic rings. The largest absolute Gasteiger partial charge is 0.355 e. The lowest BCUT2D eigenvalue weighted by atomic mass is 10.2. The maximum Gasteiger partial charge on any atom is 0.239 e. The van der Waals surface area contributed by atoms with Crippen molar-refractivity contribution < 1.29 is 9.59 Å². The van der Waals surface area contributed by atoms with E-state index in [1.165, 1.54) is 4.90 Å². The van der Waals surface area contributed by atoms with E-state index in [9.17, 15) is 9.59 Å².